The molecule has 1 N–H and O–H groups in total. The number of Topliss-reactive ketones (excluding diaryl/α,β-unsaturated/α-hetero) is 1. The summed E-state index contributed by atoms with van der Waals surface area (Å²) < 4.78 is 10.8. The van der Waals surface area contributed by atoms with Gasteiger partial charge in [0.15, 0.2) is 0 Å². The van der Waals surface area contributed by atoms with Crippen LogP contribution in [-0.4, -0.2) is 19.1 Å². The van der Waals surface area contributed by atoms with Crippen LogP contribution in [0.2, 0.25) is 0 Å². The van der Waals surface area contributed by atoms with E-state index in [9.17, 15) is 4.79 Å². The Hall–Kier alpha value is -2.62. The van der Waals surface area contributed by atoms with Crippen molar-refractivity contribution in [3.05, 3.63) is 54.1 Å². The molecule has 0 heterocycles. The number of hydrogen-bond acceptors (Lipinski definition) is 4. The fourth-order valence-corrected chi connectivity index (χ4v) is 1.60. The maximum Gasteiger partial charge on any atom is 0.203 e. The number of hydrogen-bond donors (Lipinski definition) is 1. The monoisotopic (exact) mass is 255 g/mol. The average molecular weight is 255 g/mol. The van der Waals surface area contributed by atoms with Crippen LogP contribution in [0.1, 0.15) is 10.4 Å². The van der Waals surface area contributed by atoms with Gasteiger partial charge in [-0.3, -0.25) is 4.79 Å². The van der Waals surface area contributed by atoms with Crippen LogP contribution < -0.4 is 9.47 Å². The molecule has 0 radical (unpaired) electrons. The Balaban J connectivity index is 2.23. The summed E-state index contributed by atoms with van der Waals surface area (Å²) in [5, 5.41) is 6.96. The third kappa shape index (κ3) is 3.19. The SMILES string of the molecule is COc1cccc(Oc2cccc(C(=O)C=N)c2)c1. The van der Waals surface area contributed by atoms with Gasteiger partial charge >= 0.3 is 0 Å². The Morgan fingerprint density at radius 1 is 1.05 bits per heavy atom. The molecule has 2 aromatic carbocycles. The third-order valence-corrected chi connectivity index (χ3v) is 2.53. The second kappa shape index (κ2) is 5.82. The van der Waals surface area contributed by atoms with E-state index in [1.165, 1.54) is 0 Å². The van der Waals surface area contributed by atoms with Gasteiger partial charge in [-0.2, -0.15) is 0 Å². The molecular formula is C15H13NO3. The van der Waals surface area contributed by atoms with Crippen molar-refractivity contribution >= 4 is 12.0 Å². The number of carbonyl (C=O) groups is 1. The topological polar surface area (TPSA) is 59.4 Å². The second-order valence-corrected chi connectivity index (χ2v) is 3.82. The molecule has 96 valence electrons. The second-order valence-electron chi connectivity index (χ2n) is 3.82. The number of ketones is 1. The first-order valence-electron chi connectivity index (χ1n) is 5.69. The van der Waals surface area contributed by atoms with E-state index < -0.39 is 0 Å². The molecule has 0 fully saturated rings. The van der Waals surface area contributed by atoms with Crippen molar-refractivity contribution in [2.75, 3.05) is 7.11 Å². The van der Waals surface area contributed by atoms with E-state index in [-0.39, 0.29) is 5.78 Å². The Morgan fingerprint density at radius 3 is 2.37 bits per heavy atom. The van der Waals surface area contributed by atoms with Crippen LogP contribution in [0, 0.1) is 5.41 Å². The van der Waals surface area contributed by atoms with Crippen molar-refractivity contribution in [1.29, 1.82) is 5.41 Å². The van der Waals surface area contributed by atoms with E-state index in [0.29, 0.717) is 22.8 Å². The molecule has 0 saturated carbocycles. The van der Waals surface area contributed by atoms with Crippen molar-refractivity contribution < 1.29 is 14.3 Å². The van der Waals surface area contributed by atoms with Gasteiger partial charge in [-0.25, -0.2) is 0 Å². The lowest BCUT2D eigenvalue weighted by Gasteiger charge is -2.08. The fourth-order valence-electron chi connectivity index (χ4n) is 1.60. The number of methoxy groups -OCH3 is 1. The first kappa shape index (κ1) is 12.8. The fraction of sp³-hybridized carbons (Fsp3) is 0.0667. The van der Waals surface area contributed by atoms with Crippen molar-refractivity contribution in [3.8, 4) is 17.2 Å². The number of carbonyl (C=O) groups excluding carboxylic acids is 1. The zero-order chi connectivity index (χ0) is 13.7. The molecule has 0 amide bonds. The molecule has 0 aliphatic rings. The summed E-state index contributed by atoms with van der Waals surface area (Å²) in [5.74, 6) is 1.51. The molecular weight excluding hydrogens is 242 g/mol. The summed E-state index contributed by atoms with van der Waals surface area (Å²) in [6, 6.07) is 13.9. The van der Waals surface area contributed by atoms with Crippen molar-refractivity contribution in [1.82, 2.24) is 0 Å². The van der Waals surface area contributed by atoms with Gasteiger partial charge in [-0.05, 0) is 24.3 Å². The van der Waals surface area contributed by atoms with Gasteiger partial charge in [0.1, 0.15) is 17.2 Å². The molecule has 0 aliphatic heterocycles. The molecule has 4 nitrogen and oxygen atoms in total. The Morgan fingerprint density at radius 2 is 1.68 bits per heavy atom. The van der Waals surface area contributed by atoms with Gasteiger partial charge in [-0.1, -0.05) is 18.2 Å². The van der Waals surface area contributed by atoms with E-state index in [4.69, 9.17) is 14.9 Å². The summed E-state index contributed by atoms with van der Waals surface area (Å²) in [6.45, 7) is 0. The van der Waals surface area contributed by atoms with Crippen LogP contribution >= 0.6 is 0 Å². The Kier molecular flexibility index (Phi) is 3.93. The third-order valence-electron chi connectivity index (χ3n) is 2.53. The first-order valence-corrected chi connectivity index (χ1v) is 5.69. The largest absolute Gasteiger partial charge is 0.497 e. The molecule has 2 rings (SSSR count). The molecule has 19 heavy (non-hydrogen) atoms. The minimum atomic E-state index is -0.351. The highest BCUT2D eigenvalue weighted by Crippen LogP contribution is 2.25. The standard InChI is InChI=1S/C15H13NO3/c1-18-12-5-3-7-14(9-12)19-13-6-2-4-11(8-13)15(17)10-16/h2-10,16H,1H3. The minimum absolute atomic E-state index is 0.351. The summed E-state index contributed by atoms with van der Waals surface area (Å²) in [7, 11) is 1.59. The first-order chi connectivity index (χ1) is 9.22. The van der Waals surface area contributed by atoms with Crippen LogP contribution in [0.4, 0.5) is 0 Å². The molecule has 2 aromatic rings. The van der Waals surface area contributed by atoms with Crippen LogP contribution in [0.5, 0.6) is 17.2 Å². The van der Waals surface area contributed by atoms with E-state index in [1.54, 1.807) is 43.5 Å². The predicted octanol–water partition coefficient (Wildman–Crippen LogP) is 3.32. The lowest BCUT2D eigenvalue weighted by atomic mass is 10.1. The highest BCUT2D eigenvalue weighted by molar-refractivity contribution is 6.34. The Labute approximate surface area is 111 Å². The summed E-state index contributed by atoms with van der Waals surface area (Å²) in [4.78, 5) is 11.4. The van der Waals surface area contributed by atoms with Gasteiger partial charge in [0.25, 0.3) is 0 Å². The highest BCUT2D eigenvalue weighted by atomic mass is 16.5. The van der Waals surface area contributed by atoms with Crippen molar-refractivity contribution in [2.24, 2.45) is 0 Å². The maximum atomic E-state index is 11.4. The van der Waals surface area contributed by atoms with Gasteiger partial charge in [0.05, 0.1) is 13.3 Å². The molecule has 0 bridgehead atoms. The summed E-state index contributed by atoms with van der Waals surface area (Å²) in [5.41, 5.74) is 0.426. The van der Waals surface area contributed by atoms with Crippen LogP contribution in [-0.2, 0) is 0 Å². The van der Waals surface area contributed by atoms with Crippen LogP contribution in [0.25, 0.3) is 0 Å². The molecule has 4 heteroatoms. The number of rotatable bonds is 5. The van der Waals surface area contributed by atoms with Crippen LogP contribution in [0.3, 0.4) is 0 Å². The van der Waals surface area contributed by atoms with Crippen molar-refractivity contribution in [3.63, 3.8) is 0 Å². The van der Waals surface area contributed by atoms with E-state index in [1.807, 2.05) is 12.1 Å². The number of benzene rings is 2. The zero-order valence-corrected chi connectivity index (χ0v) is 10.4. The minimum Gasteiger partial charge on any atom is -0.497 e. The molecule has 0 unspecified atom stereocenters. The molecule has 0 aromatic heterocycles. The predicted molar refractivity (Wildman–Crippen MR) is 72.6 cm³/mol. The zero-order valence-electron chi connectivity index (χ0n) is 10.4. The number of nitrogens with one attached hydrogen (secondary N) is 1. The van der Waals surface area contributed by atoms with E-state index in [2.05, 4.69) is 0 Å². The van der Waals surface area contributed by atoms with Gasteiger partial charge in [0, 0.05) is 11.6 Å². The maximum absolute atomic E-state index is 11.4. The molecule has 0 aliphatic carbocycles. The van der Waals surface area contributed by atoms with Crippen LogP contribution in [0.15, 0.2) is 48.5 Å². The van der Waals surface area contributed by atoms with E-state index >= 15 is 0 Å². The summed E-state index contributed by atoms with van der Waals surface area (Å²) in [6.07, 6.45) is 0.782. The molecule has 0 spiro atoms. The van der Waals surface area contributed by atoms with Gasteiger partial charge < -0.3 is 14.9 Å². The van der Waals surface area contributed by atoms with Gasteiger partial charge in [0.2, 0.25) is 5.78 Å². The molecule has 0 atom stereocenters. The Bertz CT molecular complexity index is 608. The highest BCUT2D eigenvalue weighted by Gasteiger charge is 2.05. The van der Waals surface area contributed by atoms with E-state index in [0.717, 1.165) is 6.21 Å². The normalized spacial score (nSPS) is 9.74. The number of ether oxygens (including phenoxy) is 2. The smallest absolute Gasteiger partial charge is 0.203 e. The lowest BCUT2D eigenvalue weighted by Crippen LogP contribution is -1.99. The van der Waals surface area contributed by atoms with Gasteiger partial charge in [-0.15, -0.1) is 0 Å². The summed E-state index contributed by atoms with van der Waals surface area (Å²) >= 11 is 0. The molecule has 0 saturated heterocycles. The quantitative estimate of drug-likeness (QED) is 0.658. The average Bonchev–Trinajstić information content (AvgIpc) is 2.47. The lowest BCUT2D eigenvalue weighted by molar-refractivity contribution is 0.107. The van der Waals surface area contributed by atoms with Crippen molar-refractivity contribution in [2.45, 2.75) is 0 Å².